The van der Waals surface area contributed by atoms with Gasteiger partial charge < -0.3 is 45.2 Å². The van der Waals surface area contributed by atoms with E-state index < -0.39 is 35.6 Å². The lowest BCUT2D eigenvalue weighted by Gasteiger charge is -2.30. The molecule has 72 heavy (non-hydrogen) atoms. The van der Waals surface area contributed by atoms with Gasteiger partial charge in [-0.05, 0) is 97.4 Å². The van der Waals surface area contributed by atoms with Crippen molar-refractivity contribution in [1.29, 1.82) is 5.26 Å². The minimum absolute atomic E-state index is 0.0123. The summed E-state index contributed by atoms with van der Waals surface area (Å²) in [6.45, 7) is 15.4. The fraction of sp³-hybridized carbons (Fsp3) is 0.531. The normalized spacial score (nSPS) is 21.3. The average Bonchev–Trinajstić information content (AvgIpc) is 4.21. The summed E-state index contributed by atoms with van der Waals surface area (Å²) in [5, 5.41) is 52.0. The van der Waals surface area contributed by atoms with Crippen LogP contribution in [0.2, 0.25) is 0 Å². The van der Waals surface area contributed by atoms with Crippen LogP contribution in [0.25, 0.3) is 17.2 Å². The number of ether oxygens (including phenoxy) is 1. The van der Waals surface area contributed by atoms with Crippen molar-refractivity contribution in [1.82, 2.24) is 65.0 Å². The number of likely N-dealkylation sites (tertiary alicyclic amines) is 1. The first-order chi connectivity index (χ1) is 34.6. The number of phenols is 1. The highest BCUT2D eigenvalue weighted by molar-refractivity contribution is 7.16. The molecule has 5 aromatic heterocycles. The predicted molar refractivity (Wildman–Crippen MR) is 265 cm³/mol. The molecule has 0 bridgehead atoms. The van der Waals surface area contributed by atoms with Gasteiger partial charge in [-0.25, -0.2) is 24.3 Å². The van der Waals surface area contributed by atoms with Crippen LogP contribution in [0.1, 0.15) is 119 Å². The molecule has 6 aromatic rings. The van der Waals surface area contributed by atoms with Crippen molar-refractivity contribution in [3.05, 3.63) is 76.3 Å². The lowest BCUT2D eigenvalue weighted by Crippen LogP contribution is -2.49. The highest BCUT2D eigenvalue weighted by Crippen LogP contribution is 2.48. The van der Waals surface area contributed by atoms with Crippen LogP contribution in [-0.2, 0) is 21.4 Å². The van der Waals surface area contributed by atoms with Gasteiger partial charge in [-0.15, -0.1) is 11.3 Å². The van der Waals surface area contributed by atoms with E-state index in [4.69, 9.17) is 25.0 Å². The number of hydrogen-bond acceptors (Lipinski definition) is 19. The number of carbonyl (C=O) groups is 2. The Balaban J connectivity index is 0.754. The van der Waals surface area contributed by atoms with Gasteiger partial charge in [-0.3, -0.25) is 9.59 Å². The van der Waals surface area contributed by atoms with Crippen molar-refractivity contribution >= 4 is 34.1 Å². The summed E-state index contributed by atoms with van der Waals surface area (Å²) in [5.41, 5.74) is 8.69. The van der Waals surface area contributed by atoms with Gasteiger partial charge in [0.25, 0.3) is 5.88 Å². The minimum Gasteiger partial charge on any atom is -0.508 e. The number of thiophene rings is 1. The van der Waals surface area contributed by atoms with Crippen LogP contribution in [0.5, 0.6) is 11.6 Å². The smallest absolute Gasteiger partial charge is 0.253 e. The maximum Gasteiger partial charge on any atom is 0.253 e. The van der Waals surface area contributed by atoms with Crippen molar-refractivity contribution < 1.29 is 29.1 Å². The van der Waals surface area contributed by atoms with E-state index in [1.165, 1.54) is 27.2 Å². The third-order valence-corrected chi connectivity index (χ3v) is 15.2. The summed E-state index contributed by atoms with van der Waals surface area (Å²) in [6, 6.07) is 6.92. The summed E-state index contributed by atoms with van der Waals surface area (Å²) in [6.07, 6.45) is 9.09. The number of nitriles is 1. The molecular formula is C49H62N16O6S. The van der Waals surface area contributed by atoms with Crippen molar-refractivity contribution in [2.24, 2.45) is 5.92 Å². The standard InChI is InChI=1S/C49H62N16O6S/c1-28(2)42(46(69)63-25-33(66)22-37(63)45(68)55-30(4)34-13-12-32(21-38(34)67)65-31(5)53-27-54-65)64-26-40(58-60-64)70-20-8-7-17-61-18-10-19-62(29(3)24-61)48-52-16-14-36(56-48)44-57-47(71-59-44)49(6)15-9-11-39-41(49)35(23-50)43(51)72-39/h12-14,16,21,26-30,33,37,42,66-67H,7-11,15,17-20,22,24-25,51H2,1-6H3,(H,55,68)/t29-,30-,33+,37-,42-,49-/m0/s1. The fourth-order valence-electron chi connectivity index (χ4n) is 10.4. The van der Waals surface area contributed by atoms with Gasteiger partial charge in [0.1, 0.15) is 46.7 Å². The number of aliphatic hydroxyl groups excluding tert-OH is 1. The van der Waals surface area contributed by atoms with Crippen molar-refractivity contribution in [3.63, 3.8) is 0 Å². The second-order valence-corrected chi connectivity index (χ2v) is 20.8. The number of amides is 2. The number of phenolic OH excluding ortho intramolecular Hbond substituents is 1. The Morgan fingerprint density at radius 1 is 1.12 bits per heavy atom. The molecule has 5 N–H and O–H groups in total. The number of aryl methyl sites for hydroxylation is 2. The number of β-amino-alcohol motifs (C(OH)–C–C–N with tert-alkyl or cyclic N) is 1. The number of carbonyl (C=O) groups excluding carboxylic acids is 2. The van der Waals surface area contributed by atoms with E-state index in [0.717, 1.165) is 75.1 Å². The molecule has 2 aliphatic heterocycles. The molecule has 1 aliphatic carbocycles. The van der Waals surface area contributed by atoms with Crippen LogP contribution in [-0.4, -0.2) is 139 Å². The second-order valence-electron chi connectivity index (χ2n) is 19.7. The molecule has 9 rings (SSSR count). The van der Waals surface area contributed by atoms with Gasteiger partial charge in [0, 0.05) is 60.4 Å². The summed E-state index contributed by atoms with van der Waals surface area (Å²) >= 11 is 1.47. The SMILES string of the molecule is Cc1ncnn1-c1ccc([C@H](C)NC(=O)[C@@H]2C[C@@H](O)CN2C(=O)[C@H](C(C)C)n2cc(OCCCCN3CCCN(c4nccc(-c5noc([C@@]6(C)CCCc7sc(N)c(C#N)c76)n5)n4)[C@@H](C)C3)nn2)c(O)c1. The van der Waals surface area contributed by atoms with Gasteiger partial charge in [-0.2, -0.15) is 15.3 Å². The zero-order valence-corrected chi connectivity index (χ0v) is 42.3. The number of hydrogen-bond donors (Lipinski definition) is 4. The number of anilines is 2. The zero-order valence-electron chi connectivity index (χ0n) is 41.5. The number of aliphatic hydroxyl groups is 1. The third kappa shape index (κ3) is 10.1. The van der Waals surface area contributed by atoms with E-state index in [1.54, 1.807) is 55.2 Å². The Labute approximate surface area is 421 Å². The Morgan fingerprint density at radius 3 is 2.72 bits per heavy atom. The number of aromatic nitrogens is 10. The number of fused-ring (bicyclic) bond motifs is 1. The van der Waals surface area contributed by atoms with Gasteiger partial charge >= 0.3 is 0 Å². The van der Waals surface area contributed by atoms with E-state index >= 15 is 0 Å². The van der Waals surface area contributed by atoms with Crippen LogP contribution in [0.3, 0.4) is 0 Å². The molecule has 0 unspecified atom stereocenters. The number of nitrogens with two attached hydrogens (primary N) is 1. The van der Waals surface area contributed by atoms with Gasteiger partial charge in [0.15, 0.2) is 0 Å². The molecule has 6 atom stereocenters. The molecule has 0 saturated carbocycles. The molecular weight excluding hydrogens is 941 g/mol. The second kappa shape index (κ2) is 21.0. The number of nitrogen functional groups attached to an aromatic ring is 1. The summed E-state index contributed by atoms with van der Waals surface area (Å²) in [4.78, 5) is 53.7. The lowest BCUT2D eigenvalue weighted by molar-refractivity contribution is -0.142. The topological polar surface area (TPSA) is 282 Å². The molecule has 23 heteroatoms. The summed E-state index contributed by atoms with van der Waals surface area (Å²) in [7, 11) is 0. The molecule has 0 spiro atoms. The quantitative estimate of drug-likeness (QED) is 0.0959. The number of aromatic hydroxyl groups is 1. The van der Waals surface area contributed by atoms with Gasteiger partial charge in [0.2, 0.25) is 29.5 Å². The number of nitrogens with one attached hydrogen (secondary N) is 1. The third-order valence-electron chi connectivity index (χ3n) is 14.2. The summed E-state index contributed by atoms with van der Waals surface area (Å²) in [5.74, 6) is 1.30. The molecule has 1 aromatic carbocycles. The van der Waals surface area contributed by atoms with Crippen LogP contribution in [0, 0.1) is 24.2 Å². The van der Waals surface area contributed by atoms with E-state index in [2.05, 4.69) is 58.6 Å². The molecule has 2 fully saturated rings. The average molecular weight is 1000 g/mol. The largest absolute Gasteiger partial charge is 0.508 e. The lowest BCUT2D eigenvalue weighted by atomic mass is 9.72. The van der Waals surface area contributed by atoms with Crippen LogP contribution in [0.15, 0.2) is 47.5 Å². The molecule has 2 amide bonds. The van der Waals surface area contributed by atoms with E-state index in [9.17, 15) is 25.1 Å². The van der Waals surface area contributed by atoms with Crippen LogP contribution in [0.4, 0.5) is 10.9 Å². The van der Waals surface area contributed by atoms with Crippen LogP contribution >= 0.6 is 11.3 Å². The molecule has 22 nitrogen and oxygen atoms in total. The maximum atomic E-state index is 14.2. The number of benzene rings is 1. The van der Waals surface area contributed by atoms with E-state index in [-0.39, 0.29) is 36.6 Å². The number of rotatable bonds is 16. The maximum absolute atomic E-state index is 14.2. The monoisotopic (exact) mass is 1000 g/mol. The Bertz CT molecular complexity index is 2940. The van der Waals surface area contributed by atoms with Crippen molar-refractivity contribution in [2.75, 3.05) is 50.0 Å². The molecule has 380 valence electrons. The first-order valence-electron chi connectivity index (χ1n) is 24.6. The van der Waals surface area contributed by atoms with E-state index in [1.807, 2.05) is 20.8 Å². The Morgan fingerprint density at radius 2 is 1.96 bits per heavy atom. The predicted octanol–water partition coefficient (Wildman–Crippen LogP) is 4.67. The van der Waals surface area contributed by atoms with Crippen molar-refractivity contribution in [3.8, 4) is 34.9 Å². The molecule has 0 radical (unpaired) electrons. The molecule has 3 aliphatic rings. The minimum atomic E-state index is -0.935. The first-order valence-corrected chi connectivity index (χ1v) is 25.5. The Kier molecular flexibility index (Phi) is 14.5. The molecule has 2 saturated heterocycles. The first kappa shape index (κ1) is 49.9. The number of nitrogens with zero attached hydrogens (tertiary/aromatic N) is 14. The van der Waals surface area contributed by atoms with Gasteiger partial charge in [-0.1, -0.05) is 35.4 Å². The molecule has 7 heterocycles. The van der Waals surface area contributed by atoms with Crippen LogP contribution < -0.4 is 20.7 Å². The van der Waals surface area contributed by atoms with E-state index in [0.29, 0.717) is 63.5 Å². The number of unbranched alkanes of at least 4 members (excludes halogenated alkanes) is 1. The Hall–Kier alpha value is -7.03. The fourth-order valence-corrected chi connectivity index (χ4v) is 11.6. The summed E-state index contributed by atoms with van der Waals surface area (Å²) < 4.78 is 15.0. The highest BCUT2D eigenvalue weighted by Gasteiger charge is 2.45. The zero-order chi connectivity index (χ0) is 50.8. The van der Waals surface area contributed by atoms with Crippen molar-refractivity contribution in [2.45, 2.75) is 122 Å². The highest BCUT2D eigenvalue weighted by atomic mass is 32.1. The van der Waals surface area contributed by atoms with Gasteiger partial charge in [0.05, 0.1) is 41.6 Å².